The van der Waals surface area contributed by atoms with Crippen molar-refractivity contribution in [3.8, 4) is 17.2 Å². The zero-order valence-electron chi connectivity index (χ0n) is 7.27. The summed E-state index contributed by atoms with van der Waals surface area (Å²) >= 11 is 0. The molecule has 0 bridgehead atoms. The quantitative estimate of drug-likeness (QED) is 0.669. The van der Waals surface area contributed by atoms with E-state index in [0.29, 0.717) is 17.2 Å². The van der Waals surface area contributed by atoms with E-state index in [0.717, 1.165) is 5.56 Å². The Hall–Kier alpha value is -1.68. The highest BCUT2D eigenvalue weighted by Crippen LogP contribution is 2.40. The maximum Gasteiger partial charge on any atom is 0.231 e. The lowest BCUT2D eigenvalue weighted by Gasteiger charge is -2.17. The minimum atomic E-state index is -0.872. The smallest absolute Gasteiger partial charge is 0.231 e. The molecule has 1 unspecified atom stereocenters. The zero-order valence-corrected chi connectivity index (χ0v) is 7.27. The molecule has 2 aliphatic rings. The van der Waals surface area contributed by atoms with Gasteiger partial charge in [-0.05, 0) is 18.2 Å². The van der Waals surface area contributed by atoms with Gasteiger partial charge in [0.25, 0.3) is 0 Å². The second kappa shape index (κ2) is 2.65. The van der Waals surface area contributed by atoms with Crippen molar-refractivity contribution in [3.63, 3.8) is 0 Å². The van der Waals surface area contributed by atoms with E-state index in [1.165, 1.54) is 0 Å². The van der Waals surface area contributed by atoms with Crippen molar-refractivity contribution in [2.24, 2.45) is 0 Å². The van der Waals surface area contributed by atoms with E-state index in [4.69, 9.17) is 14.2 Å². The number of aliphatic hydroxyl groups excluding tert-OH is 1. The van der Waals surface area contributed by atoms with Gasteiger partial charge in [0.1, 0.15) is 5.75 Å². The first-order valence-electron chi connectivity index (χ1n) is 4.29. The molecule has 1 aromatic carbocycles. The fourth-order valence-corrected chi connectivity index (χ4v) is 1.53. The third-order valence-electron chi connectivity index (χ3n) is 2.19. The Morgan fingerprint density at radius 2 is 1.93 bits per heavy atom. The molecule has 0 aliphatic carbocycles. The molecule has 1 N–H and O–H groups in total. The van der Waals surface area contributed by atoms with Crippen molar-refractivity contribution in [2.45, 2.75) is 6.29 Å². The van der Waals surface area contributed by atoms with Gasteiger partial charge < -0.3 is 19.3 Å². The first-order chi connectivity index (χ1) is 6.83. The maximum atomic E-state index is 9.22. The first-order valence-corrected chi connectivity index (χ1v) is 4.29. The Balaban J connectivity index is 2.12. The molecule has 0 saturated heterocycles. The van der Waals surface area contributed by atoms with Crippen LogP contribution in [0.4, 0.5) is 0 Å². The van der Waals surface area contributed by atoms with Gasteiger partial charge in [0.2, 0.25) is 13.1 Å². The monoisotopic (exact) mass is 192 g/mol. The molecule has 3 rings (SSSR count). The largest absolute Gasteiger partial charge is 0.461 e. The molecule has 0 spiro atoms. The summed E-state index contributed by atoms with van der Waals surface area (Å²) in [7, 11) is 0. The molecule has 0 aromatic heterocycles. The van der Waals surface area contributed by atoms with Crippen molar-refractivity contribution in [2.75, 3.05) is 6.79 Å². The SMILES string of the molecule is OC1C=Cc2cc3c(cc2O1)OCO3. The highest BCUT2D eigenvalue weighted by atomic mass is 16.7. The lowest BCUT2D eigenvalue weighted by atomic mass is 10.1. The highest BCUT2D eigenvalue weighted by molar-refractivity contribution is 5.65. The van der Waals surface area contributed by atoms with Gasteiger partial charge in [0.05, 0.1) is 0 Å². The summed E-state index contributed by atoms with van der Waals surface area (Å²) in [5, 5.41) is 9.22. The molecular weight excluding hydrogens is 184 g/mol. The second-order valence-corrected chi connectivity index (χ2v) is 3.11. The first kappa shape index (κ1) is 7.70. The number of hydrogen-bond donors (Lipinski definition) is 1. The molecule has 14 heavy (non-hydrogen) atoms. The van der Waals surface area contributed by atoms with Gasteiger partial charge in [-0.3, -0.25) is 0 Å². The third-order valence-corrected chi connectivity index (χ3v) is 2.19. The Bertz CT molecular complexity index is 411. The maximum absolute atomic E-state index is 9.22. The topological polar surface area (TPSA) is 47.9 Å². The van der Waals surface area contributed by atoms with Crippen molar-refractivity contribution >= 4 is 6.08 Å². The Morgan fingerprint density at radius 1 is 1.14 bits per heavy atom. The molecule has 2 heterocycles. The molecular formula is C10H8O4. The van der Waals surface area contributed by atoms with Crippen molar-refractivity contribution in [1.82, 2.24) is 0 Å². The van der Waals surface area contributed by atoms with Crippen molar-refractivity contribution < 1.29 is 19.3 Å². The number of benzene rings is 1. The Kier molecular flexibility index (Phi) is 1.46. The van der Waals surface area contributed by atoms with Crippen LogP contribution in [0.5, 0.6) is 17.2 Å². The van der Waals surface area contributed by atoms with Crippen LogP contribution in [0.25, 0.3) is 6.08 Å². The molecule has 4 nitrogen and oxygen atoms in total. The molecule has 0 saturated carbocycles. The van der Waals surface area contributed by atoms with Crippen LogP contribution in [-0.2, 0) is 0 Å². The minimum absolute atomic E-state index is 0.241. The van der Waals surface area contributed by atoms with Crippen LogP contribution in [0.2, 0.25) is 0 Å². The summed E-state index contributed by atoms with van der Waals surface area (Å²) < 4.78 is 15.6. The van der Waals surface area contributed by atoms with Gasteiger partial charge in [0.15, 0.2) is 11.5 Å². The number of aliphatic hydroxyl groups is 1. The van der Waals surface area contributed by atoms with Gasteiger partial charge in [-0.2, -0.15) is 0 Å². The zero-order chi connectivity index (χ0) is 9.54. The van der Waals surface area contributed by atoms with Crippen LogP contribution in [0, 0.1) is 0 Å². The summed E-state index contributed by atoms with van der Waals surface area (Å²) in [5.74, 6) is 1.99. The van der Waals surface area contributed by atoms with Gasteiger partial charge in [-0.1, -0.05) is 0 Å². The van der Waals surface area contributed by atoms with Crippen LogP contribution in [-0.4, -0.2) is 18.2 Å². The van der Waals surface area contributed by atoms with Gasteiger partial charge in [0, 0.05) is 11.6 Å². The molecule has 0 amide bonds. The van der Waals surface area contributed by atoms with Crippen molar-refractivity contribution in [1.29, 1.82) is 0 Å². The number of ether oxygens (including phenoxy) is 3. The lowest BCUT2D eigenvalue weighted by molar-refractivity contribution is 0.0230. The molecule has 1 aromatic rings. The van der Waals surface area contributed by atoms with E-state index in [9.17, 15) is 5.11 Å². The summed E-state index contributed by atoms with van der Waals surface area (Å²) in [4.78, 5) is 0. The van der Waals surface area contributed by atoms with E-state index >= 15 is 0 Å². The predicted molar refractivity (Wildman–Crippen MR) is 48.2 cm³/mol. The lowest BCUT2D eigenvalue weighted by Crippen LogP contribution is -2.15. The van der Waals surface area contributed by atoms with Crippen molar-refractivity contribution in [3.05, 3.63) is 23.8 Å². The van der Waals surface area contributed by atoms with Gasteiger partial charge >= 0.3 is 0 Å². The van der Waals surface area contributed by atoms with Crippen LogP contribution in [0.1, 0.15) is 5.56 Å². The standard InChI is InChI=1S/C10H8O4/c11-10-2-1-6-3-8-9(13-5-12-8)4-7(6)14-10/h1-4,10-11H,5H2. The molecule has 2 aliphatic heterocycles. The van der Waals surface area contributed by atoms with E-state index in [1.807, 2.05) is 6.07 Å². The van der Waals surface area contributed by atoms with Gasteiger partial charge in [-0.15, -0.1) is 0 Å². The summed E-state index contributed by atoms with van der Waals surface area (Å²) in [5.41, 5.74) is 0.888. The fraction of sp³-hybridized carbons (Fsp3) is 0.200. The summed E-state index contributed by atoms with van der Waals surface area (Å²) in [6.07, 6.45) is 2.50. The molecule has 0 radical (unpaired) electrons. The Labute approximate surface area is 80.3 Å². The Morgan fingerprint density at radius 3 is 2.79 bits per heavy atom. The van der Waals surface area contributed by atoms with Gasteiger partial charge in [-0.25, -0.2) is 0 Å². The number of hydrogen-bond acceptors (Lipinski definition) is 4. The van der Waals surface area contributed by atoms with Crippen LogP contribution in [0.15, 0.2) is 18.2 Å². The fourth-order valence-electron chi connectivity index (χ4n) is 1.53. The molecule has 72 valence electrons. The number of rotatable bonds is 0. The normalized spacial score (nSPS) is 21.6. The van der Waals surface area contributed by atoms with E-state index in [1.54, 1.807) is 18.2 Å². The predicted octanol–water partition coefficient (Wildman–Crippen LogP) is 1.14. The van der Waals surface area contributed by atoms with Crippen LogP contribution in [0.3, 0.4) is 0 Å². The van der Waals surface area contributed by atoms with Crippen LogP contribution >= 0.6 is 0 Å². The second-order valence-electron chi connectivity index (χ2n) is 3.11. The summed E-state index contributed by atoms with van der Waals surface area (Å²) in [6, 6.07) is 3.56. The third kappa shape index (κ3) is 1.04. The number of fused-ring (bicyclic) bond motifs is 2. The average Bonchev–Trinajstić information content (AvgIpc) is 2.61. The van der Waals surface area contributed by atoms with E-state index in [-0.39, 0.29) is 6.79 Å². The molecule has 1 atom stereocenters. The summed E-state index contributed by atoms with van der Waals surface area (Å²) in [6.45, 7) is 0.241. The minimum Gasteiger partial charge on any atom is -0.461 e. The average molecular weight is 192 g/mol. The molecule has 4 heteroatoms. The van der Waals surface area contributed by atoms with Crippen LogP contribution < -0.4 is 14.2 Å². The van der Waals surface area contributed by atoms with E-state index in [2.05, 4.69) is 0 Å². The highest BCUT2D eigenvalue weighted by Gasteiger charge is 2.20. The van der Waals surface area contributed by atoms with E-state index < -0.39 is 6.29 Å². The molecule has 0 fully saturated rings.